The van der Waals surface area contributed by atoms with Crippen molar-refractivity contribution in [2.24, 2.45) is 0 Å². The molecule has 0 fully saturated rings. The van der Waals surface area contributed by atoms with Crippen LogP contribution in [0.15, 0.2) is 41.8 Å². The Kier molecular flexibility index (Phi) is 2.95. The minimum atomic E-state index is -0.617. The van der Waals surface area contributed by atoms with Crippen LogP contribution in [0.2, 0.25) is 0 Å². The summed E-state index contributed by atoms with van der Waals surface area (Å²) in [5.74, 6) is 0. The molecule has 3 aromatic rings. The van der Waals surface area contributed by atoms with Crippen molar-refractivity contribution >= 4 is 22.7 Å². The number of thiazole rings is 1. The van der Waals surface area contributed by atoms with E-state index in [1.807, 2.05) is 30.3 Å². The van der Waals surface area contributed by atoms with Crippen LogP contribution in [0.25, 0.3) is 11.3 Å². The van der Waals surface area contributed by atoms with Crippen LogP contribution in [0.5, 0.6) is 0 Å². The number of rotatable bonds is 2. The molecule has 100 valence electrons. The zero-order chi connectivity index (χ0) is 13.5. The summed E-state index contributed by atoms with van der Waals surface area (Å²) in [6.45, 7) is 0. The molecule has 1 aliphatic rings. The number of aliphatic hydroxyl groups is 1. The van der Waals surface area contributed by atoms with Gasteiger partial charge in [0.05, 0.1) is 5.69 Å². The lowest BCUT2D eigenvalue weighted by atomic mass is 10.0. The van der Waals surface area contributed by atoms with Gasteiger partial charge in [-0.05, 0) is 29.9 Å². The molecule has 0 aliphatic heterocycles. The highest BCUT2D eigenvalue weighted by molar-refractivity contribution is 7.12. The lowest BCUT2D eigenvalue weighted by Crippen LogP contribution is -1.99. The summed E-state index contributed by atoms with van der Waals surface area (Å²) in [4.78, 5) is 7.44. The molecule has 0 amide bonds. The van der Waals surface area contributed by atoms with Crippen molar-refractivity contribution in [3.63, 3.8) is 0 Å². The number of nitrogens with zero attached hydrogens (tertiary/aromatic N) is 1. The maximum atomic E-state index is 10.5. The minimum absolute atomic E-state index is 0.617. The number of hydrogen-bond acceptors (Lipinski definition) is 4. The van der Waals surface area contributed by atoms with E-state index in [-0.39, 0.29) is 0 Å². The molecule has 1 aromatic carbocycles. The smallest absolute Gasteiger partial charge is 0.131 e. The number of aliphatic hydroxyl groups excluding tert-OH is 1. The Balaban J connectivity index is 1.76. The molecule has 0 bridgehead atoms. The second-order valence-electron chi connectivity index (χ2n) is 4.89. The Bertz CT molecular complexity index is 745. The average molecular weight is 299 g/mol. The van der Waals surface area contributed by atoms with E-state index in [1.165, 1.54) is 15.3 Å². The summed E-state index contributed by atoms with van der Waals surface area (Å²) < 4.78 is 0. The molecule has 0 saturated heterocycles. The number of aryl methyl sites for hydroxylation is 2. The lowest BCUT2D eigenvalue weighted by Gasteiger charge is -2.09. The molecule has 0 spiro atoms. The van der Waals surface area contributed by atoms with E-state index >= 15 is 0 Å². The summed E-state index contributed by atoms with van der Waals surface area (Å²) in [5.41, 5.74) is 3.26. The van der Waals surface area contributed by atoms with Crippen molar-refractivity contribution < 1.29 is 5.11 Å². The molecule has 2 aromatic heterocycles. The van der Waals surface area contributed by atoms with Gasteiger partial charge < -0.3 is 5.11 Å². The van der Waals surface area contributed by atoms with Crippen molar-refractivity contribution in [2.75, 3.05) is 0 Å². The van der Waals surface area contributed by atoms with E-state index in [0.717, 1.165) is 29.1 Å². The predicted molar refractivity (Wildman–Crippen MR) is 83.3 cm³/mol. The third-order valence-corrected chi connectivity index (χ3v) is 5.79. The van der Waals surface area contributed by atoms with E-state index in [9.17, 15) is 5.11 Å². The highest BCUT2D eigenvalue weighted by atomic mass is 32.1. The highest BCUT2D eigenvalue weighted by Crippen LogP contribution is 2.40. The van der Waals surface area contributed by atoms with Gasteiger partial charge in [0.1, 0.15) is 11.1 Å². The van der Waals surface area contributed by atoms with E-state index < -0.39 is 6.10 Å². The normalized spacial score (nSPS) is 14.7. The standard InChI is InChI=1S/C16H13NOS2/c18-15(10-4-2-1-3-5-10)16-17-14-11-8-9-19-12(11)6-7-13(14)20-16/h1-5,8-9,15,18H,6-7H2. The molecular weight excluding hydrogens is 286 g/mol. The molecule has 2 heterocycles. The fraction of sp³-hybridized carbons (Fsp3) is 0.188. The summed E-state index contributed by atoms with van der Waals surface area (Å²) in [5, 5.41) is 13.4. The molecule has 4 heteroatoms. The van der Waals surface area contributed by atoms with E-state index in [1.54, 1.807) is 22.7 Å². The van der Waals surface area contributed by atoms with E-state index in [2.05, 4.69) is 11.4 Å². The number of benzene rings is 1. The molecular formula is C16H13NOS2. The van der Waals surface area contributed by atoms with Crippen LogP contribution >= 0.6 is 22.7 Å². The van der Waals surface area contributed by atoms with Crippen LogP contribution < -0.4 is 0 Å². The Labute approximate surface area is 125 Å². The Morgan fingerprint density at radius 2 is 1.85 bits per heavy atom. The van der Waals surface area contributed by atoms with Crippen molar-refractivity contribution in [3.8, 4) is 11.3 Å². The number of hydrogen-bond donors (Lipinski definition) is 1. The van der Waals surface area contributed by atoms with Gasteiger partial charge in [0, 0.05) is 15.3 Å². The largest absolute Gasteiger partial charge is 0.381 e. The van der Waals surface area contributed by atoms with Gasteiger partial charge in [-0.1, -0.05) is 30.3 Å². The van der Waals surface area contributed by atoms with Crippen molar-refractivity contribution in [1.29, 1.82) is 0 Å². The van der Waals surface area contributed by atoms with Gasteiger partial charge in [-0.25, -0.2) is 4.98 Å². The monoisotopic (exact) mass is 299 g/mol. The second kappa shape index (κ2) is 4.81. The van der Waals surface area contributed by atoms with Crippen molar-refractivity contribution in [3.05, 3.63) is 62.1 Å². The SMILES string of the molecule is OC(c1ccccc1)c1nc2c(s1)CCc1sccc1-2. The maximum absolute atomic E-state index is 10.5. The van der Waals surface area contributed by atoms with E-state index in [4.69, 9.17) is 4.98 Å². The number of fused-ring (bicyclic) bond motifs is 3. The summed E-state index contributed by atoms with van der Waals surface area (Å²) in [7, 11) is 0. The molecule has 1 atom stereocenters. The third kappa shape index (κ3) is 1.92. The zero-order valence-corrected chi connectivity index (χ0v) is 12.4. The van der Waals surface area contributed by atoms with Gasteiger partial charge in [0.25, 0.3) is 0 Å². The first-order chi connectivity index (χ1) is 9.83. The summed E-state index contributed by atoms with van der Waals surface area (Å²) in [6, 6.07) is 11.9. The van der Waals surface area contributed by atoms with Gasteiger partial charge in [0.15, 0.2) is 0 Å². The molecule has 4 rings (SSSR count). The predicted octanol–water partition coefficient (Wildman–Crippen LogP) is 4.05. The van der Waals surface area contributed by atoms with Gasteiger partial charge in [-0.2, -0.15) is 0 Å². The zero-order valence-electron chi connectivity index (χ0n) is 10.7. The van der Waals surface area contributed by atoms with Crippen LogP contribution in [-0.2, 0) is 12.8 Å². The Morgan fingerprint density at radius 1 is 1.05 bits per heavy atom. The van der Waals surface area contributed by atoms with E-state index in [0.29, 0.717) is 0 Å². The quantitative estimate of drug-likeness (QED) is 0.774. The molecule has 0 radical (unpaired) electrons. The maximum Gasteiger partial charge on any atom is 0.131 e. The Morgan fingerprint density at radius 3 is 2.70 bits per heavy atom. The molecule has 1 unspecified atom stereocenters. The molecule has 2 nitrogen and oxygen atoms in total. The van der Waals surface area contributed by atoms with Gasteiger partial charge >= 0.3 is 0 Å². The lowest BCUT2D eigenvalue weighted by molar-refractivity contribution is 0.220. The second-order valence-corrected chi connectivity index (χ2v) is 7.01. The van der Waals surface area contributed by atoms with Gasteiger partial charge in [0.2, 0.25) is 0 Å². The highest BCUT2D eigenvalue weighted by Gasteiger charge is 2.24. The van der Waals surface area contributed by atoms with Gasteiger partial charge in [-0.3, -0.25) is 0 Å². The average Bonchev–Trinajstić information content (AvgIpc) is 3.12. The van der Waals surface area contributed by atoms with Crippen molar-refractivity contribution in [2.45, 2.75) is 18.9 Å². The minimum Gasteiger partial charge on any atom is -0.381 e. The summed E-state index contributed by atoms with van der Waals surface area (Å²) in [6.07, 6.45) is 1.53. The molecule has 1 N–H and O–H groups in total. The molecule has 1 aliphatic carbocycles. The van der Waals surface area contributed by atoms with Crippen LogP contribution in [0.3, 0.4) is 0 Å². The van der Waals surface area contributed by atoms with Crippen LogP contribution in [0.4, 0.5) is 0 Å². The number of thiophene rings is 1. The van der Waals surface area contributed by atoms with Crippen molar-refractivity contribution in [1.82, 2.24) is 4.98 Å². The molecule has 0 saturated carbocycles. The third-order valence-electron chi connectivity index (χ3n) is 3.64. The first kappa shape index (κ1) is 12.3. The fourth-order valence-corrected chi connectivity index (χ4v) is 4.59. The first-order valence-electron chi connectivity index (χ1n) is 6.62. The topological polar surface area (TPSA) is 33.1 Å². The van der Waals surface area contributed by atoms with Crippen LogP contribution in [0.1, 0.15) is 26.4 Å². The molecule has 20 heavy (non-hydrogen) atoms. The van der Waals surface area contributed by atoms with Crippen LogP contribution in [-0.4, -0.2) is 10.1 Å². The van der Waals surface area contributed by atoms with Crippen LogP contribution in [0, 0.1) is 0 Å². The fourth-order valence-electron chi connectivity index (χ4n) is 2.62. The van der Waals surface area contributed by atoms with Gasteiger partial charge in [-0.15, -0.1) is 22.7 Å². The first-order valence-corrected chi connectivity index (χ1v) is 8.32. The number of aromatic nitrogens is 1. The summed E-state index contributed by atoms with van der Waals surface area (Å²) >= 11 is 3.45. The Hall–Kier alpha value is -1.49.